The van der Waals surface area contributed by atoms with Gasteiger partial charge in [-0.15, -0.1) is 0 Å². The molecule has 0 bridgehead atoms. The number of nitrogens with zero attached hydrogens (tertiary/aromatic N) is 3. The molecule has 2 heterocycles. The van der Waals surface area contributed by atoms with E-state index in [-0.39, 0.29) is 24.5 Å². The van der Waals surface area contributed by atoms with E-state index in [1.807, 2.05) is 0 Å². The van der Waals surface area contributed by atoms with Crippen molar-refractivity contribution >= 4 is 11.7 Å². The minimum atomic E-state index is -4.18. The molecule has 1 aromatic rings. The van der Waals surface area contributed by atoms with Crippen molar-refractivity contribution < 1.29 is 13.2 Å². The van der Waals surface area contributed by atoms with Crippen LogP contribution in [-0.2, 0) is 0 Å². The van der Waals surface area contributed by atoms with Crippen molar-refractivity contribution in [3.63, 3.8) is 0 Å². The number of halogens is 3. The molecule has 104 valence electrons. The van der Waals surface area contributed by atoms with Crippen molar-refractivity contribution in [2.24, 2.45) is 11.7 Å². The Kier molecular flexibility index (Phi) is 3.59. The van der Waals surface area contributed by atoms with Gasteiger partial charge in [-0.3, -0.25) is 5.41 Å². The van der Waals surface area contributed by atoms with E-state index in [1.54, 1.807) is 4.90 Å². The lowest BCUT2D eigenvalue weighted by molar-refractivity contribution is -0.176. The average molecular weight is 273 g/mol. The van der Waals surface area contributed by atoms with Crippen molar-refractivity contribution in [3.8, 4) is 0 Å². The highest BCUT2D eigenvalue weighted by Gasteiger charge is 2.42. The third-order valence-electron chi connectivity index (χ3n) is 3.12. The van der Waals surface area contributed by atoms with Gasteiger partial charge in [0, 0.05) is 13.1 Å². The Morgan fingerprint density at radius 1 is 1.37 bits per heavy atom. The molecule has 1 atom stereocenters. The van der Waals surface area contributed by atoms with Gasteiger partial charge < -0.3 is 10.6 Å². The summed E-state index contributed by atoms with van der Waals surface area (Å²) in [7, 11) is 0. The number of nitrogens with one attached hydrogen (secondary N) is 1. The van der Waals surface area contributed by atoms with Gasteiger partial charge in [0.1, 0.15) is 17.3 Å². The first-order valence-corrected chi connectivity index (χ1v) is 5.86. The molecule has 1 saturated heterocycles. The van der Waals surface area contributed by atoms with Crippen LogP contribution in [0.2, 0.25) is 0 Å². The monoisotopic (exact) mass is 273 g/mol. The molecule has 0 spiro atoms. The summed E-state index contributed by atoms with van der Waals surface area (Å²) in [5, 5.41) is 7.18. The van der Waals surface area contributed by atoms with E-state index < -0.39 is 12.1 Å². The van der Waals surface area contributed by atoms with Crippen molar-refractivity contribution in [2.75, 3.05) is 18.0 Å². The van der Waals surface area contributed by atoms with Gasteiger partial charge in [-0.2, -0.15) is 13.2 Å². The summed E-state index contributed by atoms with van der Waals surface area (Å²) in [6, 6.07) is 0. The predicted molar refractivity (Wildman–Crippen MR) is 64.0 cm³/mol. The summed E-state index contributed by atoms with van der Waals surface area (Å²) < 4.78 is 38.1. The quantitative estimate of drug-likeness (QED) is 0.633. The Labute approximate surface area is 108 Å². The number of alkyl halides is 3. The van der Waals surface area contributed by atoms with E-state index in [1.165, 1.54) is 12.4 Å². The summed E-state index contributed by atoms with van der Waals surface area (Å²) in [5.41, 5.74) is 5.46. The molecule has 0 radical (unpaired) electrons. The molecule has 1 unspecified atom stereocenters. The second-order valence-corrected chi connectivity index (χ2v) is 4.50. The second-order valence-electron chi connectivity index (χ2n) is 4.50. The summed E-state index contributed by atoms with van der Waals surface area (Å²) in [6.45, 7) is 0.429. The van der Waals surface area contributed by atoms with Gasteiger partial charge in [0.2, 0.25) is 0 Å². The Morgan fingerprint density at radius 2 is 2.11 bits per heavy atom. The van der Waals surface area contributed by atoms with Gasteiger partial charge in [0.05, 0.1) is 18.3 Å². The van der Waals surface area contributed by atoms with E-state index in [0.717, 1.165) is 0 Å². The minimum Gasteiger partial charge on any atom is -0.382 e. The van der Waals surface area contributed by atoms with Gasteiger partial charge in [0.15, 0.2) is 0 Å². The zero-order valence-corrected chi connectivity index (χ0v) is 10.1. The Morgan fingerprint density at radius 3 is 2.63 bits per heavy atom. The number of hydrogen-bond donors (Lipinski definition) is 2. The highest BCUT2D eigenvalue weighted by molar-refractivity contribution is 5.92. The van der Waals surface area contributed by atoms with Gasteiger partial charge in [-0.25, -0.2) is 9.97 Å². The number of anilines is 1. The van der Waals surface area contributed by atoms with Gasteiger partial charge in [0.25, 0.3) is 0 Å². The van der Waals surface area contributed by atoms with Crippen LogP contribution in [0, 0.1) is 11.3 Å². The first-order valence-electron chi connectivity index (χ1n) is 5.86. The lowest BCUT2D eigenvalue weighted by Gasteiger charge is -2.34. The van der Waals surface area contributed by atoms with Crippen LogP contribution in [-0.4, -0.2) is 35.1 Å². The van der Waals surface area contributed by atoms with Gasteiger partial charge in [-0.1, -0.05) is 0 Å². The van der Waals surface area contributed by atoms with E-state index in [0.29, 0.717) is 18.8 Å². The van der Waals surface area contributed by atoms with E-state index in [9.17, 15) is 13.2 Å². The number of aromatic nitrogens is 2. The Bertz CT molecular complexity index is 456. The zero-order chi connectivity index (χ0) is 14.0. The van der Waals surface area contributed by atoms with Crippen LogP contribution >= 0.6 is 0 Å². The smallest absolute Gasteiger partial charge is 0.382 e. The molecule has 1 aromatic heterocycles. The highest BCUT2D eigenvalue weighted by Crippen LogP contribution is 2.34. The number of rotatable bonds is 2. The summed E-state index contributed by atoms with van der Waals surface area (Å²) in [4.78, 5) is 9.49. The van der Waals surface area contributed by atoms with Gasteiger partial charge >= 0.3 is 6.18 Å². The maximum Gasteiger partial charge on any atom is 0.393 e. The Balaban J connectivity index is 2.11. The van der Waals surface area contributed by atoms with Crippen LogP contribution in [0.4, 0.5) is 19.0 Å². The number of amidine groups is 1. The minimum absolute atomic E-state index is 0.0996. The summed E-state index contributed by atoms with van der Waals surface area (Å²) >= 11 is 0. The third-order valence-corrected chi connectivity index (χ3v) is 3.12. The summed E-state index contributed by atoms with van der Waals surface area (Å²) in [5.74, 6) is -1.15. The second kappa shape index (κ2) is 5.02. The van der Waals surface area contributed by atoms with Crippen LogP contribution in [0.3, 0.4) is 0 Å². The van der Waals surface area contributed by atoms with E-state index in [4.69, 9.17) is 11.1 Å². The number of piperidine rings is 1. The van der Waals surface area contributed by atoms with Crippen LogP contribution in [0.15, 0.2) is 12.4 Å². The molecule has 1 aliphatic heterocycles. The normalized spacial score (nSPS) is 20.4. The molecular formula is C11H14F3N5. The molecular weight excluding hydrogens is 259 g/mol. The average Bonchev–Trinajstić information content (AvgIpc) is 2.38. The van der Waals surface area contributed by atoms with Crippen LogP contribution in [0.5, 0.6) is 0 Å². The number of hydrogen-bond acceptors (Lipinski definition) is 4. The fourth-order valence-corrected chi connectivity index (χ4v) is 2.08. The Hall–Kier alpha value is -1.86. The molecule has 1 fully saturated rings. The SMILES string of the molecule is N=C(N)c1cnc(N2CCCC(C(F)(F)F)C2)cn1. The largest absolute Gasteiger partial charge is 0.393 e. The molecule has 0 aromatic carbocycles. The number of nitrogens with two attached hydrogens (primary N) is 1. The maximum atomic E-state index is 12.7. The first kappa shape index (κ1) is 13.6. The zero-order valence-electron chi connectivity index (χ0n) is 10.1. The lowest BCUT2D eigenvalue weighted by atomic mass is 9.97. The molecule has 0 aliphatic carbocycles. The molecule has 2 rings (SSSR count). The molecule has 19 heavy (non-hydrogen) atoms. The van der Waals surface area contributed by atoms with Crippen molar-refractivity contribution in [1.82, 2.24) is 9.97 Å². The summed E-state index contributed by atoms with van der Waals surface area (Å²) in [6.07, 6.45) is -0.894. The fourth-order valence-electron chi connectivity index (χ4n) is 2.08. The van der Waals surface area contributed by atoms with Crippen LogP contribution < -0.4 is 10.6 Å². The predicted octanol–water partition coefficient (Wildman–Crippen LogP) is 1.54. The van der Waals surface area contributed by atoms with E-state index in [2.05, 4.69) is 9.97 Å². The van der Waals surface area contributed by atoms with Crippen molar-refractivity contribution in [1.29, 1.82) is 5.41 Å². The molecule has 3 N–H and O–H groups in total. The molecule has 1 aliphatic rings. The topological polar surface area (TPSA) is 78.9 Å². The third kappa shape index (κ3) is 3.12. The van der Waals surface area contributed by atoms with Crippen molar-refractivity contribution in [2.45, 2.75) is 19.0 Å². The standard InChI is InChI=1S/C11H14F3N5/c12-11(13,14)7-2-1-3-19(6-7)9-5-17-8(4-18-9)10(15)16/h4-5,7H,1-3,6H2,(H3,15,16). The van der Waals surface area contributed by atoms with Crippen molar-refractivity contribution in [3.05, 3.63) is 18.1 Å². The lowest BCUT2D eigenvalue weighted by Crippen LogP contribution is -2.42. The molecule has 0 amide bonds. The van der Waals surface area contributed by atoms with Crippen LogP contribution in [0.25, 0.3) is 0 Å². The first-order chi connectivity index (χ1) is 8.88. The highest BCUT2D eigenvalue weighted by atomic mass is 19.4. The van der Waals surface area contributed by atoms with Gasteiger partial charge in [-0.05, 0) is 12.8 Å². The van der Waals surface area contributed by atoms with E-state index >= 15 is 0 Å². The number of nitrogen functional groups attached to an aromatic ring is 1. The maximum absolute atomic E-state index is 12.7. The molecule has 8 heteroatoms. The fraction of sp³-hybridized carbons (Fsp3) is 0.545. The molecule has 0 saturated carbocycles. The molecule has 5 nitrogen and oxygen atoms in total. The van der Waals surface area contributed by atoms with Crippen LogP contribution in [0.1, 0.15) is 18.5 Å².